The lowest BCUT2D eigenvalue weighted by molar-refractivity contribution is -0.0328. The molecular weight excluding hydrogens is 263 g/mol. The van der Waals surface area contributed by atoms with Crippen LogP contribution >= 0.6 is 11.8 Å². The Morgan fingerprint density at radius 2 is 1.67 bits per heavy atom. The lowest BCUT2D eigenvalue weighted by Crippen LogP contribution is -2.16. The van der Waals surface area contributed by atoms with Crippen molar-refractivity contribution in [3.8, 4) is 5.69 Å². The van der Waals surface area contributed by atoms with Gasteiger partial charge in [0.05, 0.1) is 0 Å². The zero-order valence-corrected chi connectivity index (χ0v) is 9.83. The Kier molecular flexibility index (Phi) is 3.47. The molecule has 0 N–H and O–H groups in total. The highest BCUT2D eigenvalue weighted by molar-refractivity contribution is 8.00. The van der Waals surface area contributed by atoms with Crippen molar-refractivity contribution in [1.82, 2.24) is 4.57 Å². The molecular formula is C12H8F3NOS. The Morgan fingerprint density at radius 1 is 1.00 bits per heavy atom. The van der Waals surface area contributed by atoms with E-state index in [-0.39, 0.29) is 22.2 Å². The van der Waals surface area contributed by atoms with Gasteiger partial charge in [0, 0.05) is 22.8 Å². The Balaban J connectivity index is 2.43. The summed E-state index contributed by atoms with van der Waals surface area (Å²) >= 11 is -0.241. The van der Waals surface area contributed by atoms with E-state index >= 15 is 0 Å². The summed E-state index contributed by atoms with van der Waals surface area (Å²) in [5.41, 5.74) is -4.20. The molecule has 0 saturated heterocycles. The fourth-order valence-electron chi connectivity index (χ4n) is 1.45. The molecule has 0 aliphatic carbocycles. The third-order valence-electron chi connectivity index (χ3n) is 2.15. The van der Waals surface area contributed by atoms with Crippen molar-refractivity contribution in [2.45, 2.75) is 10.4 Å². The predicted octanol–water partition coefficient (Wildman–Crippen LogP) is 3.45. The first-order chi connectivity index (χ1) is 8.46. The Morgan fingerprint density at radius 3 is 2.28 bits per heavy atom. The number of alkyl halides is 3. The highest BCUT2D eigenvalue weighted by Crippen LogP contribution is 2.36. The molecule has 0 radical (unpaired) electrons. The molecule has 0 atom stereocenters. The second kappa shape index (κ2) is 4.89. The van der Waals surface area contributed by atoms with E-state index in [1.807, 2.05) is 0 Å². The van der Waals surface area contributed by atoms with Gasteiger partial charge in [-0.2, -0.15) is 13.2 Å². The van der Waals surface area contributed by atoms with Crippen molar-refractivity contribution < 1.29 is 13.2 Å². The standard InChI is InChI=1S/C12H8F3NOS/c13-12(14,15)18-10-6-7-11(17)16(8-10)9-4-2-1-3-5-9/h1-8H. The maximum Gasteiger partial charge on any atom is 0.446 e. The van der Waals surface area contributed by atoms with Gasteiger partial charge in [-0.05, 0) is 30.0 Å². The van der Waals surface area contributed by atoms with E-state index in [1.54, 1.807) is 30.3 Å². The molecule has 94 valence electrons. The Labute approximate surface area is 105 Å². The zero-order chi connectivity index (χ0) is 13.2. The molecule has 2 rings (SSSR count). The summed E-state index contributed by atoms with van der Waals surface area (Å²) in [6, 6.07) is 10.8. The van der Waals surface area contributed by atoms with Crippen LogP contribution in [0, 0.1) is 0 Å². The van der Waals surface area contributed by atoms with Crippen LogP contribution in [0.1, 0.15) is 0 Å². The molecule has 2 aromatic rings. The van der Waals surface area contributed by atoms with Crippen LogP contribution < -0.4 is 5.56 Å². The molecule has 0 aliphatic rings. The monoisotopic (exact) mass is 271 g/mol. The first-order valence-corrected chi connectivity index (χ1v) is 5.81. The van der Waals surface area contributed by atoms with Crippen LogP contribution in [0.3, 0.4) is 0 Å². The number of rotatable bonds is 2. The van der Waals surface area contributed by atoms with Gasteiger partial charge in [-0.3, -0.25) is 9.36 Å². The SMILES string of the molecule is O=c1ccc(SC(F)(F)F)cn1-c1ccccc1. The van der Waals surface area contributed by atoms with Crippen LogP contribution in [0.5, 0.6) is 0 Å². The van der Waals surface area contributed by atoms with Gasteiger partial charge in [0.25, 0.3) is 5.56 Å². The number of hydrogen-bond acceptors (Lipinski definition) is 2. The van der Waals surface area contributed by atoms with Crippen molar-refractivity contribution in [2.75, 3.05) is 0 Å². The van der Waals surface area contributed by atoms with E-state index in [0.29, 0.717) is 5.69 Å². The molecule has 0 saturated carbocycles. The predicted molar refractivity (Wildman–Crippen MR) is 64.0 cm³/mol. The third-order valence-corrected chi connectivity index (χ3v) is 2.86. The van der Waals surface area contributed by atoms with E-state index < -0.39 is 5.51 Å². The topological polar surface area (TPSA) is 22.0 Å². The number of pyridine rings is 1. The molecule has 0 unspecified atom stereocenters. The first kappa shape index (κ1) is 12.8. The lowest BCUT2D eigenvalue weighted by atomic mass is 10.3. The molecule has 1 aromatic carbocycles. The molecule has 1 heterocycles. The summed E-state index contributed by atoms with van der Waals surface area (Å²) < 4.78 is 37.9. The quantitative estimate of drug-likeness (QED) is 0.780. The summed E-state index contributed by atoms with van der Waals surface area (Å²) in [5, 5.41) is 0. The van der Waals surface area contributed by atoms with Crippen molar-refractivity contribution in [1.29, 1.82) is 0 Å². The molecule has 2 nitrogen and oxygen atoms in total. The number of aromatic nitrogens is 1. The van der Waals surface area contributed by atoms with Crippen molar-refractivity contribution in [3.63, 3.8) is 0 Å². The number of nitrogens with zero attached hydrogens (tertiary/aromatic N) is 1. The molecule has 0 spiro atoms. The first-order valence-electron chi connectivity index (χ1n) is 4.99. The summed E-state index contributed by atoms with van der Waals surface area (Å²) in [4.78, 5) is 11.6. The number of benzene rings is 1. The fraction of sp³-hybridized carbons (Fsp3) is 0.0833. The van der Waals surface area contributed by atoms with E-state index in [0.717, 1.165) is 6.07 Å². The fourth-order valence-corrected chi connectivity index (χ4v) is 2.01. The summed E-state index contributed by atoms with van der Waals surface area (Å²) in [7, 11) is 0. The summed E-state index contributed by atoms with van der Waals surface area (Å²) in [6.07, 6.45) is 1.19. The minimum atomic E-state index is -4.36. The summed E-state index contributed by atoms with van der Waals surface area (Å²) in [6.45, 7) is 0. The van der Waals surface area contributed by atoms with Crippen molar-refractivity contribution in [3.05, 3.63) is 59.0 Å². The number of para-hydroxylation sites is 1. The van der Waals surface area contributed by atoms with E-state index in [2.05, 4.69) is 0 Å². The van der Waals surface area contributed by atoms with Gasteiger partial charge in [-0.25, -0.2) is 0 Å². The van der Waals surface area contributed by atoms with Crippen LogP contribution in [-0.4, -0.2) is 10.1 Å². The number of halogens is 3. The summed E-state index contributed by atoms with van der Waals surface area (Å²) in [5.74, 6) is 0. The van der Waals surface area contributed by atoms with Crippen LogP contribution in [0.25, 0.3) is 5.69 Å². The van der Waals surface area contributed by atoms with Gasteiger partial charge in [0.1, 0.15) is 0 Å². The number of hydrogen-bond donors (Lipinski definition) is 0. The maximum atomic E-state index is 12.3. The van der Waals surface area contributed by atoms with Gasteiger partial charge in [0.2, 0.25) is 0 Å². The highest BCUT2D eigenvalue weighted by Gasteiger charge is 2.29. The Bertz CT molecular complexity index is 592. The molecule has 0 fully saturated rings. The van der Waals surface area contributed by atoms with Gasteiger partial charge in [-0.1, -0.05) is 18.2 Å². The second-order valence-corrected chi connectivity index (χ2v) is 4.59. The van der Waals surface area contributed by atoms with Gasteiger partial charge >= 0.3 is 5.51 Å². The van der Waals surface area contributed by atoms with E-state index in [1.165, 1.54) is 16.8 Å². The van der Waals surface area contributed by atoms with Crippen molar-refractivity contribution >= 4 is 11.8 Å². The molecule has 6 heteroatoms. The normalized spacial score (nSPS) is 11.5. The average molecular weight is 271 g/mol. The average Bonchev–Trinajstić information content (AvgIpc) is 2.31. The van der Waals surface area contributed by atoms with Crippen LogP contribution in [0.4, 0.5) is 13.2 Å². The molecule has 0 bridgehead atoms. The smallest absolute Gasteiger partial charge is 0.283 e. The largest absolute Gasteiger partial charge is 0.446 e. The van der Waals surface area contributed by atoms with Gasteiger partial charge in [-0.15, -0.1) is 0 Å². The third kappa shape index (κ3) is 3.16. The van der Waals surface area contributed by atoms with Crippen LogP contribution in [-0.2, 0) is 0 Å². The van der Waals surface area contributed by atoms with Crippen LogP contribution in [0.2, 0.25) is 0 Å². The van der Waals surface area contributed by atoms with Gasteiger partial charge < -0.3 is 0 Å². The maximum absolute atomic E-state index is 12.3. The van der Waals surface area contributed by atoms with E-state index in [4.69, 9.17) is 0 Å². The molecule has 0 amide bonds. The molecule has 1 aromatic heterocycles. The van der Waals surface area contributed by atoms with Gasteiger partial charge in [0.15, 0.2) is 0 Å². The van der Waals surface area contributed by atoms with Crippen LogP contribution in [0.15, 0.2) is 58.4 Å². The molecule has 0 aliphatic heterocycles. The molecule has 18 heavy (non-hydrogen) atoms. The minimum absolute atomic E-state index is 0.0223. The number of thioether (sulfide) groups is 1. The Hall–Kier alpha value is -1.69. The minimum Gasteiger partial charge on any atom is -0.283 e. The highest BCUT2D eigenvalue weighted by atomic mass is 32.2. The zero-order valence-electron chi connectivity index (χ0n) is 9.02. The van der Waals surface area contributed by atoms with E-state index in [9.17, 15) is 18.0 Å². The van der Waals surface area contributed by atoms with Crippen molar-refractivity contribution in [2.24, 2.45) is 0 Å². The lowest BCUT2D eigenvalue weighted by Gasteiger charge is -2.09. The second-order valence-electron chi connectivity index (χ2n) is 3.46.